The predicted octanol–water partition coefficient (Wildman–Crippen LogP) is 6.37. The van der Waals surface area contributed by atoms with E-state index in [2.05, 4.69) is 64.8 Å². The molecule has 0 aromatic heterocycles. The van der Waals surface area contributed by atoms with E-state index >= 15 is 0 Å². The van der Waals surface area contributed by atoms with Crippen molar-refractivity contribution in [2.45, 2.75) is 54.3 Å². The van der Waals surface area contributed by atoms with Crippen LogP contribution in [0.4, 0.5) is 0 Å². The maximum absolute atomic E-state index is 3.28. The molecule has 0 unspecified atom stereocenters. The van der Waals surface area contributed by atoms with Gasteiger partial charge in [-0.15, -0.1) is 0 Å². The van der Waals surface area contributed by atoms with E-state index in [9.17, 15) is 0 Å². The molecular formula is C21H30Sn. The first-order valence-electron chi connectivity index (χ1n) is 8.37. The molecule has 0 radical (unpaired) electrons. The zero-order chi connectivity index (χ0) is 16.4. The minimum atomic E-state index is -1.97. The zero-order valence-electron chi connectivity index (χ0n) is 14.9. The molecular weight excluding hydrogens is 371 g/mol. The van der Waals surface area contributed by atoms with Crippen LogP contribution in [0.2, 0.25) is 14.8 Å². The van der Waals surface area contributed by atoms with Gasteiger partial charge in [-0.25, -0.2) is 0 Å². The second kappa shape index (κ2) is 9.95. The van der Waals surface area contributed by atoms with E-state index in [0.29, 0.717) is 0 Å². The Morgan fingerprint density at radius 3 is 2.36 bits per heavy atom. The molecule has 0 atom stereocenters. The summed E-state index contributed by atoms with van der Waals surface area (Å²) in [6.45, 7) is 4.38. The van der Waals surface area contributed by atoms with Crippen molar-refractivity contribution in [1.29, 1.82) is 0 Å². The van der Waals surface area contributed by atoms with Crippen LogP contribution >= 0.6 is 0 Å². The van der Waals surface area contributed by atoms with Crippen molar-refractivity contribution >= 4 is 18.4 Å². The average molecular weight is 401 g/mol. The van der Waals surface area contributed by atoms with E-state index in [4.69, 9.17) is 0 Å². The Morgan fingerprint density at radius 2 is 1.77 bits per heavy atom. The Balaban J connectivity index is 2.74. The summed E-state index contributed by atoms with van der Waals surface area (Å²) in [7, 11) is 0. The molecule has 0 spiro atoms. The molecule has 1 heteroatoms. The second-order valence-electron chi connectivity index (χ2n) is 6.83. The normalized spacial score (nSPS) is 12.8. The van der Waals surface area contributed by atoms with Gasteiger partial charge >= 0.3 is 142 Å². The molecule has 0 N–H and O–H groups in total. The summed E-state index contributed by atoms with van der Waals surface area (Å²) >= 11 is -1.97. The van der Waals surface area contributed by atoms with Crippen molar-refractivity contribution in [3.8, 4) is 11.8 Å². The van der Waals surface area contributed by atoms with Crippen LogP contribution in [0.15, 0.2) is 51.6 Å². The Bertz CT molecular complexity index is 559. The van der Waals surface area contributed by atoms with Crippen LogP contribution in [0.3, 0.4) is 0 Å². The van der Waals surface area contributed by atoms with E-state index in [1.807, 2.05) is 18.2 Å². The summed E-state index contributed by atoms with van der Waals surface area (Å²) in [4.78, 5) is 7.52. The molecule has 118 valence electrons. The van der Waals surface area contributed by atoms with E-state index in [0.717, 1.165) is 12.0 Å². The van der Waals surface area contributed by atoms with E-state index in [1.165, 1.54) is 24.8 Å². The molecule has 0 saturated heterocycles. The number of rotatable bonds is 6. The van der Waals surface area contributed by atoms with Gasteiger partial charge in [-0.2, -0.15) is 0 Å². The molecule has 0 bridgehead atoms. The summed E-state index contributed by atoms with van der Waals surface area (Å²) in [6, 6.07) is 10.2. The summed E-state index contributed by atoms with van der Waals surface area (Å²) < 4.78 is 1.73. The first kappa shape index (κ1) is 19.1. The monoisotopic (exact) mass is 402 g/mol. The third kappa shape index (κ3) is 7.89. The van der Waals surface area contributed by atoms with Crippen LogP contribution in [0.5, 0.6) is 0 Å². The minimum absolute atomic E-state index is 1.09. The summed E-state index contributed by atoms with van der Waals surface area (Å²) in [5.74, 6) is 6.52. The molecule has 1 aromatic carbocycles. The fourth-order valence-electron chi connectivity index (χ4n) is 2.18. The number of hydrogen-bond donors (Lipinski definition) is 0. The summed E-state index contributed by atoms with van der Waals surface area (Å²) in [5, 5.41) is 0. The molecule has 0 heterocycles. The molecule has 0 aliphatic rings. The molecule has 1 rings (SSSR count). The van der Waals surface area contributed by atoms with Gasteiger partial charge in [0.05, 0.1) is 0 Å². The van der Waals surface area contributed by atoms with Crippen molar-refractivity contribution in [1.82, 2.24) is 0 Å². The van der Waals surface area contributed by atoms with Crippen LogP contribution in [0.25, 0.3) is 0 Å². The molecule has 22 heavy (non-hydrogen) atoms. The summed E-state index contributed by atoms with van der Waals surface area (Å²) in [5.41, 5.74) is 2.27. The SMILES string of the molecule is CCCC/C=[C](\C/C=C(/C)C#Cc1ccccc1)[Sn]([CH3])([CH3])[CH3]. The van der Waals surface area contributed by atoms with Crippen LogP contribution in [0.1, 0.15) is 45.1 Å². The fraction of sp³-hybridized carbons (Fsp3) is 0.429. The number of unbranched alkanes of at least 4 members (excludes halogenated alkanes) is 2. The standard InChI is InChI=1S/C18H21.3CH3.Sn/c1-3-4-5-6-7-9-12-17(2)15-16-18-13-10-8-11-14-18;;;;/h6,8,10-14H,3-5,9H2,1-2H3;3*1H3;/b7-6?,17-12-;;;;. The first-order chi connectivity index (χ1) is 10.4. The van der Waals surface area contributed by atoms with Crippen molar-refractivity contribution in [2.24, 2.45) is 0 Å². The van der Waals surface area contributed by atoms with Crippen molar-refractivity contribution in [2.75, 3.05) is 0 Å². The van der Waals surface area contributed by atoms with E-state index < -0.39 is 18.4 Å². The molecule has 0 aliphatic heterocycles. The molecule has 0 amide bonds. The van der Waals surface area contributed by atoms with Crippen LogP contribution < -0.4 is 0 Å². The van der Waals surface area contributed by atoms with Gasteiger partial charge in [-0.3, -0.25) is 0 Å². The van der Waals surface area contributed by atoms with Gasteiger partial charge in [0, 0.05) is 0 Å². The molecule has 0 nitrogen and oxygen atoms in total. The maximum atomic E-state index is 3.28. The zero-order valence-corrected chi connectivity index (χ0v) is 17.7. The Hall–Kier alpha value is -0.941. The van der Waals surface area contributed by atoms with E-state index in [1.54, 1.807) is 3.59 Å². The van der Waals surface area contributed by atoms with Crippen molar-refractivity contribution in [3.05, 3.63) is 57.2 Å². The Kier molecular flexibility index (Phi) is 8.64. The van der Waals surface area contributed by atoms with Crippen LogP contribution in [0, 0.1) is 11.8 Å². The fourth-order valence-corrected chi connectivity index (χ4v) is 6.38. The third-order valence-corrected chi connectivity index (χ3v) is 10.4. The van der Waals surface area contributed by atoms with Gasteiger partial charge in [0.25, 0.3) is 0 Å². The van der Waals surface area contributed by atoms with Gasteiger partial charge in [-0.1, -0.05) is 0 Å². The van der Waals surface area contributed by atoms with Crippen molar-refractivity contribution < 1.29 is 0 Å². The van der Waals surface area contributed by atoms with Gasteiger partial charge in [0.15, 0.2) is 0 Å². The third-order valence-electron chi connectivity index (χ3n) is 3.72. The average Bonchev–Trinajstić information content (AvgIpc) is 2.48. The van der Waals surface area contributed by atoms with E-state index in [-0.39, 0.29) is 0 Å². The molecule has 0 fully saturated rings. The second-order valence-corrected chi connectivity index (χ2v) is 21.5. The summed E-state index contributed by atoms with van der Waals surface area (Å²) in [6.07, 6.45) is 9.76. The van der Waals surface area contributed by atoms with Crippen LogP contribution in [-0.2, 0) is 0 Å². The number of benzene rings is 1. The van der Waals surface area contributed by atoms with Gasteiger partial charge in [0.2, 0.25) is 0 Å². The Labute approximate surface area is 141 Å². The van der Waals surface area contributed by atoms with Crippen LogP contribution in [-0.4, -0.2) is 18.4 Å². The van der Waals surface area contributed by atoms with Gasteiger partial charge < -0.3 is 0 Å². The predicted molar refractivity (Wildman–Crippen MR) is 103 cm³/mol. The Morgan fingerprint density at radius 1 is 1.09 bits per heavy atom. The molecule has 1 aromatic rings. The molecule has 0 saturated carbocycles. The number of hydrogen-bond acceptors (Lipinski definition) is 0. The first-order valence-corrected chi connectivity index (χ1v) is 18.4. The van der Waals surface area contributed by atoms with Gasteiger partial charge in [0.1, 0.15) is 0 Å². The topological polar surface area (TPSA) is 0 Å². The molecule has 0 aliphatic carbocycles. The van der Waals surface area contributed by atoms with Gasteiger partial charge in [-0.05, 0) is 0 Å². The van der Waals surface area contributed by atoms with Crippen molar-refractivity contribution in [3.63, 3.8) is 0 Å². The quantitative estimate of drug-likeness (QED) is 0.295. The number of allylic oxidation sites excluding steroid dienone is 4.